The number of aliphatic carboxylic acids is 1. The van der Waals surface area contributed by atoms with Crippen molar-refractivity contribution in [2.75, 3.05) is 13.6 Å². The molecule has 1 amide bonds. The van der Waals surface area contributed by atoms with Gasteiger partial charge in [-0.05, 0) is 38.1 Å². The number of hydrogen-bond acceptors (Lipinski definition) is 4. The van der Waals surface area contributed by atoms with Crippen LogP contribution in [0.1, 0.15) is 24.2 Å². The molecule has 0 saturated carbocycles. The lowest BCUT2D eigenvalue weighted by atomic mass is 9.95. The molecule has 1 rings (SSSR count). The van der Waals surface area contributed by atoms with E-state index in [1.54, 1.807) is 0 Å². The van der Waals surface area contributed by atoms with Gasteiger partial charge in [0.25, 0.3) is 5.91 Å². The third-order valence-corrected chi connectivity index (χ3v) is 4.35. The fourth-order valence-electron chi connectivity index (χ4n) is 1.36. The molecule has 1 aromatic carbocycles. The average Bonchev–Trinajstić information content (AvgIpc) is 2.44. The minimum absolute atomic E-state index is 0.0312. The fraction of sp³-hybridized carbons (Fsp3) is 0.385. The molecular formula is C13H18N2O5S. The lowest BCUT2D eigenvalue weighted by molar-refractivity contribution is -0.146. The minimum atomic E-state index is -3.82. The van der Waals surface area contributed by atoms with Crippen LogP contribution >= 0.6 is 0 Å². The molecular weight excluding hydrogens is 296 g/mol. The second-order valence-electron chi connectivity index (χ2n) is 5.12. The zero-order chi connectivity index (χ0) is 16.3. The van der Waals surface area contributed by atoms with Crippen molar-refractivity contribution < 1.29 is 23.1 Å². The van der Waals surface area contributed by atoms with Crippen molar-refractivity contribution in [1.82, 2.24) is 10.0 Å². The van der Waals surface area contributed by atoms with Crippen molar-refractivity contribution in [2.45, 2.75) is 18.7 Å². The summed E-state index contributed by atoms with van der Waals surface area (Å²) in [6.07, 6.45) is 0. The Labute approximate surface area is 123 Å². The smallest absolute Gasteiger partial charge is 0.310 e. The standard InChI is InChI=1S/C13H18N2O5S/c1-13(2,12(17)18)8-15-21(19,20)10-6-4-9(5-7-10)11(16)14-3/h4-7,15H,8H2,1-3H3,(H,14,16)(H,17,18). The Morgan fingerprint density at radius 2 is 1.71 bits per heavy atom. The Morgan fingerprint density at radius 3 is 2.14 bits per heavy atom. The van der Waals surface area contributed by atoms with Gasteiger partial charge in [-0.3, -0.25) is 9.59 Å². The summed E-state index contributed by atoms with van der Waals surface area (Å²) in [4.78, 5) is 22.3. The summed E-state index contributed by atoms with van der Waals surface area (Å²) in [6, 6.07) is 5.35. The topological polar surface area (TPSA) is 113 Å². The third-order valence-electron chi connectivity index (χ3n) is 2.94. The number of rotatable bonds is 6. The van der Waals surface area contributed by atoms with Crippen LogP contribution < -0.4 is 10.0 Å². The van der Waals surface area contributed by atoms with Gasteiger partial charge >= 0.3 is 5.97 Å². The Balaban J connectivity index is 2.89. The quantitative estimate of drug-likeness (QED) is 0.705. The minimum Gasteiger partial charge on any atom is -0.481 e. The Bertz CT molecular complexity index is 635. The highest BCUT2D eigenvalue weighted by Gasteiger charge is 2.29. The van der Waals surface area contributed by atoms with Gasteiger partial charge in [-0.2, -0.15) is 0 Å². The van der Waals surface area contributed by atoms with Gasteiger partial charge in [-0.25, -0.2) is 13.1 Å². The Hall–Kier alpha value is -1.93. The fourth-order valence-corrected chi connectivity index (χ4v) is 2.58. The van der Waals surface area contributed by atoms with Crippen molar-refractivity contribution >= 4 is 21.9 Å². The van der Waals surface area contributed by atoms with Crippen LogP contribution in [0.25, 0.3) is 0 Å². The molecule has 7 nitrogen and oxygen atoms in total. The van der Waals surface area contributed by atoms with E-state index in [0.717, 1.165) is 0 Å². The molecule has 0 atom stereocenters. The summed E-state index contributed by atoms with van der Waals surface area (Å²) < 4.78 is 26.3. The maximum absolute atomic E-state index is 12.0. The van der Waals surface area contributed by atoms with E-state index in [2.05, 4.69) is 10.0 Å². The van der Waals surface area contributed by atoms with Crippen LogP contribution in [0.15, 0.2) is 29.2 Å². The number of amides is 1. The number of carboxylic acid groups (broad SMARTS) is 1. The third kappa shape index (κ3) is 4.27. The first-order valence-corrected chi connectivity index (χ1v) is 7.64. The van der Waals surface area contributed by atoms with E-state index in [0.29, 0.717) is 5.56 Å². The first-order chi connectivity index (χ1) is 9.60. The monoisotopic (exact) mass is 314 g/mol. The van der Waals surface area contributed by atoms with E-state index < -0.39 is 21.4 Å². The van der Waals surface area contributed by atoms with Gasteiger partial charge in [-0.15, -0.1) is 0 Å². The number of sulfonamides is 1. The molecule has 21 heavy (non-hydrogen) atoms. The highest BCUT2D eigenvalue weighted by molar-refractivity contribution is 7.89. The van der Waals surface area contributed by atoms with Crippen molar-refractivity contribution in [2.24, 2.45) is 5.41 Å². The molecule has 3 N–H and O–H groups in total. The number of carboxylic acids is 1. The molecule has 1 aromatic rings. The van der Waals surface area contributed by atoms with Crippen molar-refractivity contribution in [3.63, 3.8) is 0 Å². The normalized spacial score (nSPS) is 12.0. The molecule has 0 aliphatic rings. The molecule has 0 aromatic heterocycles. The summed E-state index contributed by atoms with van der Waals surface area (Å²) in [6.45, 7) is 2.61. The summed E-state index contributed by atoms with van der Waals surface area (Å²) in [5, 5.41) is 11.4. The Kier molecular flexibility index (Phi) is 5.08. The molecule has 0 fully saturated rings. The highest BCUT2D eigenvalue weighted by Crippen LogP contribution is 2.16. The van der Waals surface area contributed by atoms with E-state index in [-0.39, 0.29) is 17.3 Å². The van der Waals surface area contributed by atoms with Crippen molar-refractivity contribution in [1.29, 1.82) is 0 Å². The molecule has 0 aliphatic heterocycles. The number of carbonyl (C=O) groups excluding carboxylic acids is 1. The van der Waals surface area contributed by atoms with Crippen LogP contribution in [0.4, 0.5) is 0 Å². The summed E-state index contributed by atoms with van der Waals surface area (Å²) >= 11 is 0. The zero-order valence-electron chi connectivity index (χ0n) is 12.0. The zero-order valence-corrected chi connectivity index (χ0v) is 12.8. The van der Waals surface area contributed by atoms with Gasteiger partial charge in [0.05, 0.1) is 10.3 Å². The van der Waals surface area contributed by atoms with E-state index in [1.807, 2.05) is 0 Å². The van der Waals surface area contributed by atoms with E-state index in [1.165, 1.54) is 45.2 Å². The molecule has 0 bridgehead atoms. The van der Waals surface area contributed by atoms with Gasteiger partial charge in [0.2, 0.25) is 10.0 Å². The number of carbonyl (C=O) groups is 2. The molecule has 0 saturated heterocycles. The predicted molar refractivity (Wildman–Crippen MR) is 76.4 cm³/mol. The molecule has 8 heteroatoms. The predicted octanol–water partition coefficient (Wildman–Crippen LogP) is 0.435. The van der Waals surface area contributed by atoms with Crippen molar-refractivity contribution in [3.8, 4) is 0 Å². The van der Waals surface area contributed by atoms with Gasteiger partial charge in [-0.1, -0.05) is 0 Å². The van der Waals surface area contributed by atoms with Crippen molar-refractivity contribution in [3.05, 3.63) is 29.8 Å². The van der Waals surface area contributed by atoms with Gasteiger partial charge in [0, 0.05) is 19.2 Å². The van der Waals surface area contributed by atoms with Crippen LogP contribution in [0.3, 0.4) is 0 Å². The molecule has 116 valence electrons. The van der Waals surface area contributed by atoms with Crippen LogP contribution in [-0.2, 0) is 14.8 Å². The van der Waals surface area contributed by atoms with Gasteiger partial charge < -0.3 is 10.4 Å². The van der Waals surface area contributed by atoms with Crippen LogP contribution in [0, 0.1) is 5.41 Å². The molecule has 0 radical (unpaired) electrons. The summed E-state index contributed by atoms with van der Waals surface area (Å²) in [5.74, 6) is -1.42. The lowest BCUT2D eigenvalue weighted by Crippen LogP contribution is -2.38. The molecule has 0 spiro atoms. The maximum Gasteiger partial charge on any atom is 0.310 e. The second kappa shape index (κ2) is 6.23. The SMILES string of the molecule is CNC(=O)c1ccc(S(=O)(=O)NCC(C)(C)C(=O)O)cc1. The maximum atomic E-state index is 12.0. The van der Waals surface area contributed by atoms with Gasteiger partial charge in [0.15, 0.2) is 0 Å². The number of hydrogen-bond donors (Lipinski definition) is 3. The van der Waals surface area contributed by atoms with Crippen LogP contribution in [0.5, 0.6) is 0 Å². The second-order valence-corrected chi connectivity index (χ2v) is 6.88. The van der Waals surface area contributed by atoms with Crippen LogP contribution in [-0.4, -0.2) is 39.0 Å². The van der Waals surface area contributed by atoms with E-state index in [9.17, 15) is 18.0 Å². The first kappa shape index (κ1) is 17.1. The summed E-state index contributed by atoms with van der Waals surface area (Å²) in [5.41, 5.74) is -0.878. The van der Waals surface area contributed by atoms with Gasteiger partial charge in [0.1, 0.15) is 0 Å². The first-order valence-electron chi connectivity index (χ1n) is 6.15. The lowest BCUT2D eigenvalue weighted by Gasteiger charge is -2.19. The van der Waals surface area contributed by atoms with Crippen LogP contribution in [0.2, 0.25) is 0 Å². The highest BCUT2D eigenvalue weighted by atomic mass is 32.2. The average molecular weight is 314 g/mol. The number of nitrogens with one attached hydrogen (secondary N) is 2. The van der Waals surface area contributed by atoms with E-state index >= 15 is 0 Å². The molecule has 0 aliphatic carbocycles. The molecule has 0 unspecified atom stereocenters. The number of benzene rings is 1. The largest absolute Gasteiger partial charge is 0.481 e. The molecule has 0 heterocycles. The Morgan fingerprint density at radius 1 is 1.19 bits per heavy atom. The van der Waals surface area contributed by atoms with E-state index in [4.69, 9.17) is 5.11 Å². The summed E-state index contributed by atoms with van der Waals surface area (Å²) in [7, 11) is -2.35.